The first-order chi connectivity index (χ1) is 11.9. The Bertz CT molecular complexity index is 925. The highest BCUT2D eigenvalue weighted by molar-refractivity contribution is 7.92. The molecular weight excluding hydrogens is 344 g/mol. The number of carbonyl (C=O) groups excluding carboxylic acids is 1. The molecule has 2 N–H and O–H groups in total. The molecule has 1 aliphatic heterocycles. The van der Waals surface area contributed by atoms with Gasteiger partial charge in [0, 0.05) is 11.8 Å². The summed E-state index contributed by atoms with van der Waals surface area (Å²) in [7, 11) is -2.30. The fourth-order valence-corrected chi connectivity index (χ4v) is 3.69. The molecule has 0 fully saturated rings. The SMILES string of the molecule is CCOc1ccc(NS(=O)(=O)c2ccc3c(c2)CC(=O)N3)cc1OC. The molecule has 7 nitrogen and oxygen atoms in total. The molecule has 0 saturated carbocycles. The zero-order chi connectivity index (χ0) is 18.0. The summed E-state index contributed by atoms with van der Waals surface area (Å²) >= 11 is 0. The Morgan fingerprint density at radius 2 is 1.96 bits per heavy atom. The maximum Gasteiger partial charge on any atom is 0.261 e. The molecule has 0 unspecified atom stereocenters. The molecule has 1 aliphatic rings. The van der Waals surface area contributed by atoms with Gasteiger partial charge in [-0.1, -0.05) is 0 Å². The third kappa shape index (κ3) is 3.53. The van der Waals surface area contributed by atoms with E-state index in [1.807, 2.05) is 6.92 Å². The van der Waals surface area contributed by atoms with Crippen LogP contribution in [0.3, 0.4) is 0 Å². The highest BCUT2D eigenvalue weighted by Crippen LogP contribution is 2.32. The van der Waals surface area contributed by atoms with Gasteiger partial charge in [0.25, 0.3) is 10.0 Å². The molecule has 3 rings (SSSR count). The largest absolute Gasteiger partial charge is 0.493 e. The number of hydrogen-bond acceptors (Lipinski definition) is 5. The summed E-state index contributed by atoms with van der Waals surface area (Å²) in [6.45, 7) is 2.33. The van der Waals surface area contributed by atoms with Gasteiger partial charge >= 0.3 is 0 Å². The number of anilines is 2. The Balaban J connectivity index is 1.87. The van der Waals surface area contributed by atoms with E-state index in [1.165, 1.54) is 19.2 Å². The number of methoxy groups -OCH3 is 1. The van der Waals surface area contributed by atoms with Crippen LogP contribution in [-0.4, -0.2) is 28.0 Å². The van der Waals surface area contributed by atoms with Gasteiger partial charge in [-0.2, -0.15) is 0 Å². The van der Waals surface area contributed by atoms with Crippen molar-refractivity contribution in [2.45, 2.75) is 18.2 Å². The predicted octanol–water partition coefficient (Wildman–Crippen LogP) is 2.39. The first-order valence-electron chi connectivity index (χ1n) is 7.69. The third-order valence-corrected chi connectivity index (χ3v) is 5.11. The standard InChI is InChI=1S/C17H18N2O5S/c1-3-24-15-7-4-12(10-16(15)23-2)19-25(21,22)13-5-6-14-11(8-13)9-17(20)18-14/h4-8,10,19H,3,9H2,1-2H3,(H,18,20). The van der Waals surface area contributed by atoms with Crippen molar-refractivity contribution < 1.29 is 22.7 Å². The summed E-state index contributed by atoms with van der Waals surface area (Å²) in [6, 6.07) is 9.35. The minimum atomic E-state index is -3.79. The summed E-state index contributed by atoms with van der Waals surface area (Å²) in [5.41, 5.74) is 1.67. The Morgan fingerprint density at radius 3 is 2.68 bits per heavy atom. The Hall–Kier alpha value is -2.74. The molecular formula is C17H18N2O5S. The molecule has 1 heterocycles. The number of nitrogens with one attached hydrogen (secondary N) is 2. The van der Waals surface area contributed by atoms with Crippen LogP contribution in [0.25, 0.3) is 0 Å². The quantitative estimate of drug-likeness (QED) is 0.823. The molecule has 0 bridgehead atoms. The minimum absolute atomic E-state index is 0.0931. The maximum absolute atomic E-state index is 12.6. The zero-order valence-corrected chi connectivity index (χ0v) is 14.6. The minimum Gasteiger partial charge on any atom is -0.493 e. The highest BCUT2D eigenvalue weighted by atomic mass is 32.2. The van der Waals surface area contributed by atoms with Crippen molar-refractivity contribution in [2.75, 3.05) is 23.8 Å². The zero-order valence-electron chi connectivity index (χ0n) is 13.8. The first-order valence-corrected chi connectivity index (χ1v) is 9.17. The lowest BCUT2D eigenvalue weighted by Gasteiger charge is -2.13. The second-order valence-electron chi connectivity index (χ2n) is 5.45. The molecule has 132 valence electrons. The van der Waals surface area contributed by atoms with Gasteiger partial charge in [-0.15, -0.1) is 0 Å². The highest BCUT2D eigenvalue weighted by Gasteiger charge is 2.22. The predicted molar refractivity (Wildman–Crippen MR) is 93.7 cm³/mol. The lowest BCUT2D eigenvalue weighted by Crippen LogP contribution is -2.13. The summed E-state index contributed by atoms with van der Waals surface area (Å²) in [4.78, 5) is 11.5. The second kappa shape index (κ2) is 6.64. The van der Waals surface area contributed by atoms with E-state index in [-0.39, 0.29) is 17.2 Å². The molecule has 2 aromatic rings. The Labute approximate surface area is 146 Å². The fraction of sp³-hybridized carbons (Fsp3) is 0.235. The van der Waals surface area contributed by atoms with Crippen molar-refractivity contribution in [1.82, 2.24) is 0 Å². The molecule has 1 amide bonds. The molecule has 0 aliphatic carbocycles. The van der Waals surface area contributed by atoms with Crippen molar-refractivity contribution in [3.8, 4) is 11.5 Å². The number of carbonyl (C=O) groups is 1. The van der Waals surface area contributed by atoms with Crippen LogP contribution in [0.1, 0.15) is 12.5 Å². The van der Waals surface area contributed by atoms with Crippen LogP contribution in [0.15, 0.2) is 41.3 Å². The van der Waals surface area contributed by atoms with Crippen molar-refractivity contribution in [3.63, 3.8) is 0 Å². The van der Waals surface area contributed by atoms with Crippen molar-refractivity contribution in [3.05, 3.63) is 42.0 Å². The van der Waals surface area contributed by atoms with E-state index in [2.05, 4.69) is 10.0 Å². The van der Waals surface area contributed by atoms with Crippen molar-refractivity contribution >= 4 is 27.3 Å². The number of rotatable bonds is 6. The average molecular weight is 362 g/mol. The smallest absolute Gasteiger partial charge is 0.261 e. The summed E-state index contributed by atoms with van der Waals surface area (Å²) < 4.78 is 38.4. The normalized spacial score (nSPS) is 13.1. The topological polar surface area (TPSA) is 93.7 Å². The van der Waals surface area contributed by atoms with E-state index >= 15 is 0 Å². The van der Waals surface area contributed by atoms with Crippen LogP contribution in [-0.2, 0) is 21.2 Å². The van der Waals surface area contributed by atoms with E-state index in [9.17, 15) is 13.2 Å². The molecule has 2 aromatic carbocycles. The van der Waals surface area contributed by atoms with Gasteiger partial charge in [0.1, 0.15) is 0 Å². The Kier molecular flexibility index (Phi) is 4.54. The van der Waals surface area contributed by atoms with E-state index in [0.717, 1.165) is 0 Å². The summed E-state index contributed by atoms with van der Waals surface area (Å²) in [6.07, 6.45) is 0.176. The molecule has 0 aromatic heterocycles. The van der Waals surface area contributed by atoms with Crippen LogP contribution >= 0.6 is 0 Å². The molecule has 25 heavy (non-hydrogen) atoms. The van der Waals surface area contributed by atoms with Crippen LogP contribution < -0.4 is 19.5 Å². The number of sulfonamides is 1. The number of ether oxygens (including phenoxy) is 2. The average Bonchev–Trinajstić information content (AvgIpc) is 2.95. The molecule has 0 spiro atoms. The molecule has 0 atom stereocenters. The van der Waals surface area contributed by atoms with Gasteiger partial charge in [0.2, 0.25) is 5.91 Å². The second-order valence-corrected chi connectivity index (χ2v) is 7.13. The maximum atomic E-state index is 12.6. The van der Waals surface area contributed by atoms with Crippen molar-refractivity contribution in [2.24, 2.45) is 0 Å². The summed E-state index contributed by atoms with van der Waals surface area (Å²) in [5.74, 6) is 0.828. The lowest BCUT2D eigenvalue weighted by atomic mass is 10.2. The molecule has 0 saturated heterocycles. The lowest BCUT2D eigenvalue weighted by molar-refractivity contribution is -0.115. The first kappa shape index (κ1) is 17.1. The number of fused-ring (bicyclic) bond motifs is 1. The van der Waals surface area contributed by atoms with Gasteiger partial charge in [0.15, 0.2) is 11.5 Å². The summed E-state index contributed by atoms with van der Waals surface area (Å²) in [5, 5.41) is 2.67. The van der Waals surface area contributed by atoms with Gasteiger partial charge in [-0.05, 0) is 42.8 Å². The third-order valence-electron chi connectivity index (χ3n) is 3.73. The van der Waals surface area contributed by atoms with Crippen LogP contribution in [0.4, 0.5) is 11.4 Å². The van der Waals surface area contributed by atoms with E-state index < -0.39 is 10.0 Å². The van der Waals surface area contributed by atoms with Gasteiger partial charge in [-0.25, -0.2) is 8.42 Å². The van der Waals surface area contributed by atoms with Crippen LogP contribution in [0.5, 0.6) is 11.5 Å². The number of benzene rings is 2. The Morgan fingerprint density at radius 1 is 1.16 bits per heavy atom. The van der Waals surface area contributed by atoms with Gasteiger partial charge < -0.3 is 14.8 Å². The molecule has 0 radical (unpaired) electrons. The fourth-order valence-electron chi connectivity index (χ4n) is 2.59. The van der Waals surface area contributed by atoms with E-state index in [4.69, 9.17) is 9.47 Å². The number of amides is 1. The number of hydrogen-bond donors (Lipinski definition) is 2. The molecule has 8 heteroatoms. The van der Waals surface area contributed by atoms with E-state index in [1.54, 1.807) is 24.3 Å². The van der Waals surface area contributed by atoms with Crippen LogP contribution in [0.2, 0.25) is 0 Å². The van der Waals surface area contributed by atoms with Crippen LogP contribution in [0, 0.1) is 0 Å². The van der Waals surface area contributed by atoms with E-state index in [0.29, 0.717) is 35.0 Å². The van der Waals surface area contributed by atoms with Gasteiger partial charge in [-0.3, -0.25) is 9.52 Å². The van der Waals surface area contributed by atoms with Gasteiger partial charge in [0.05, 0.1) is 30.7 Å². The monoisotopic (exact) mass is 362 g/mol. The van der Waals surface area contributed by atoms with Crippen molar-refractivity contribution in [1.29, 1.82) is 0 Å².